The molecule has 0 saturated heterocycles. The summed E-state index contributed by atoms with van der Waals surface area (Å²) in [5.74, 6) is -0.0559. The zero-order valence-corrected chi connectivity index (χ0v) is 12.4. The predicted octanol–water partition coefficient (Wildman–Crippen LogP) is 4.59. The lowest BCUT2D eigenvalue weighted by Gasteiger charge is -1.98. The van der Waals surface area contributed by atoms with Gasteiger partial charge in [0, 0.05) is 5.02 Å². The molecule has 0 radical (unpaired) electrons. The number of ether oxygens (including phenoxy) is 1. The summed E-state index contributed by atoms with van der Waals surface area (Å²) in [6, 6.07) is 9.95. The van der Waals surface area contributed by atoms with Crippen molar-refractivity contribution in [3.8, 4) is 11.5 Å². The highest BCUT2D eigenvalue weighted by Crippen LogP contribution is 2.32. The number of esters is 1. The lowest BCUT2D eigenvalue weighted by Crippen LogP contribution is -2.00. The fourth-order valence-electron chi connectivity index (χ4n) is 1.95. The lowest BCUT2D eigenvalue weighted by molar-refractivity contribution is 0.0601. The minimum atomic E-state index is -0.425. The summed E-state index contributed by atoms with van der Waals surface area (Å²) in [4.78, 5) is 15.9. The quantitative estimate of drug-likeness (QED) is 0.648. The SMILES string of the molecule is COC(=O)c1ccc2oc(-c3ccc(Cl)cc3Cl)nc2c1. The molecule has 0 aliphatic carbocycles. The van der Waals surface area contributed by atoms with Crippen LogP contribution < -0.4 is 0 Å². The molecule has 0 N–H and O–H groups in total. The van der Waals surface area contributed by atoms with Crippen LogP contribution in [0.1, 0.15) is 10.4 Å². The topological polar surface area (TPSA) is 52.3 Å². The Kier molecular flexibility index (Phi) is 3.57. The number of nitrogens with zero attached hydrogens (tertiary/aromatic N) is 1. The maximum atomic E-state index is 11.5. The van der Waals surface area contributed by atoms with Crippen molar-refractivity contribution in [2.24, 2.45) is 0 Å². The number of hydrogen-bond donors (Lipinski definition) is 0. The summed E-state index contributed by atoms with van der Waals surface area (Å²) in [6.45, 7) is 0. The molecule has 6 heteroatoms. The molecule has 0 amide bonds. The molecule has 3 aromatic rings. The Morgan fingerprint density at radius 3 is 2.71 bits per heavy atom. The zero-order chi connectivity index (χ0) is 15.0. The van der Waals surface area contributed by atoms with Crippen LogP contribution in [0.4, 0.5) is 0 Å². The van der Waals surface area contributed by atoms with E-state index in [2.05, 4.69) is 9.72 Å². The summed E-state index contributed by atoms with van der Waals surface area (Å²) < 4.78 is 10.3. The van der Waals surface area contributed by atoms with E-state index in [0.29, 0.717) is 38.2 Å². The van der Waals surface area contributed by atoms with Crippen LogP contribution >= 0.6 is 23.2 Å². The van der Waals surface area contributed by atoms with Crippen molar-refractivity contribution >= 4 is 40.3 Å². The molecule has 21 heavy (non-hydrogen) atoms. The van der Waals surface area contributed by atoms with Gasteiger partial charge in [0.15, 0.2) is 5.58 Å². The molecule has 0 aliphatic heterocycles. The van der Waals surface area contributed by atoms with Gasteiger partial charge >= 0.3 is 5.97 Å². The molecule has 0 bridgehead atoms. The fraction of sp³-hybridized carbons (Fsp3) is 0.0667. The van der Waals surface area contributed by atoms with Gasteiger partial charge in [-0.1, -0.05) is 23.2 Å². The van der Waals surface area contributed by atoms with Crippen LogP contribution in [0.15, 0.2) is 40.8 Å². The molecule has 0 atom stereocenters. The van der Waals surface area contributed by atoms with Crippen molar-refractivity contribution in [1.82, 2.24) is 4.98 Å². The number of carbonyl (C=O) groups excluding carboxylic acids is 1. The summed E-state index contributed by atoms with van der Waals surface area (Å²) >= 11 is 12.0. The van der Waals surface area contributed by atoms with Gasteiger partial charge in [-0.3, -0.25) is 0 Å². The molecular weight excluding hydrogens is 313 g/mol. The van der Waals surface area contributed by atoms with E-state index in [1.165, 1.54) is 7.11 Å². The number of aromatic nitrogens is 1. The van der Waals surface area contributed by atoms with E-state index in [-0.39, 0.29) is 0 Å². The maximum absolute atomic E-state index is 11.5. The van der Waals surface area contributed by atoms with Crippen molar-refractivity contribution in [2.45, 2.75) is 0 Å². The molecule has 106 valence electrons. The van der Waals surface area contributed by atoms with Crippen molar-refractivity contribution < 1.29 is 13.9 Å². The van der Waals surface area contributed by atoms with Gasteiger partial charge in [-0.2, -0.15) is 0 Å². The Labute approximate surface area is 130 Å². The van der Waals surface area contributed by atoms with E-state index in [4.69, 9.17) is 27.6 Å². The van der Waals surface area contributed by atoms with Gasteiger partial charge in [0.05, 0.1) is 23.3 Å². The number of benzene rings is 2. The third kappa shape index (κ3) is 2.60. The lowest BCUT2D eigenvalue weighted by atomic mass is 10.2. The van der Waals surface area contributed by atoms with Crippen LogP contribution in [-0.2, 0) is 4.74 Å². The third-order valence-corrected chi connectivity index (χ3v) is 3.52. The van der Waals surface area contributed by atoms with E-state index in [1.807, 2.05) is 0 Å². The number of fused-ring (bicyclic) bond motifs is 1. The van der Waals surface area contributed by atoms with Crippen LogP contribution in [0.5, 0.6) is 0 Å². The van der Waals surface area contributed by atoms with Gasteiger partial charge < -0.3 is 9.15 Å². The Morgan fingerprint density at radius 1 is 1.19 bits per heavy atom. The van der Waals surface area contributed by atoms with E-state index in [9.17, 15) is 4.79 Å². The van der Waals surface area contributed by atoms with Crippen LogP contribution in [0.25, 0.3) is 22.6 Å². The molecule has 1 heterocycles. The zero-order valence-electron chi connectivity index (χ0n) is 10.9. The van der Waals surface area contributed by atoms with Crippen molar-refractivity contribution in [1.29, 1.82) is 0 Å². The summed E-state index contributed by atoms with van der Waals surface area (Å²) in [7, 11) is 1.33. The smallest absolute Gasteiger partial charge is 0.337 e. The van der Waals surface area contributed by atoms with Crippen molar-refractivity contribution in [3.63, 3.8) is 0 Å². The second-order valence-electron chi connectivity index (χ2n) is 4.32. The molecule has 2 aromatic carbocycles. The molecular formula is C15H9Cl2NO3. The molecule has 1 aromatic heterocycles. The highest BCUT2D eigenvalue weighted by atomic mass is 35.5. The highest BCUT2D eigenvalue weighted by Gasteiger charge is 2.14. The van der Waals surface area contributed by atoms with Gasteiger partial charge in [-0.15, -0.1) is 0 Å². The molecule has 4 nitrogen and oxygen atoms in total. The second-order valence-corrected chi connectivity index (χ2v) is 5.16. The minimum absolute atomic E-state index is 0.369. The minimum Gasteiger partial charge on any atom is -0.465 e. The van der Waals surface area contributed by atoms with Crippen molar-refractivity contribution in [3.05, 3.63) is 52.0 Å². The molecule has 0 unspecified atom stereocenters. The number of halogens is 2. The maximum Gasteiger partial charge on any atom is 0.337 e. The van der Waals surface area contributed by atoms with E-state index < -0.39 is 5.97 Å². The Bertz CT molecular complexity index is 842. The Balaban J connectivity index is 2.10. The van der Waals surface area contributed by atoms with E-state index >= 15 is 0 Å². The first-order valence-electron chi connectivity index (χ1n) is 6.03. The first-order valence-corrected chi connectivity index (χ1v) is 6.78. The fourth-order valence-corrected chi connectivity index (χ4v) is 2.44. The first-order chi connectivity index (χ1) is 10.1. The van der Waals surface area contributed by atoms with Gasteiger partial charge in [0.25, 0.3) is 0 Å². The summed E-state index contributed by atoms with van der Waals surface area (Å²) in [5, 5.41) is 0.982. The summed E-state index contributed by atoms with van der Waals surface area (Å²) in [5.41, 5.74) is 2.16. The van der Waals surface area contributed by atoms with Crippen LogP contribution in [-0.4, -0.2) is 18.1 Å². The van der Waals surface area contributed by atoms with Gasteiger partial charge in [-0.25, -0.2) is 9.78 Å². The van der Waals surface area contributed by atoms with Gasteiger partial charge in [-0.05, 0) is 36.4 Å². The van der Waals surface area contributed by atoms with Crippen LogP contribution in [0.3, 0.4) is 0 Å². The first kappa shape index (κ1) is 13.9. The molecule has 0 aliphatic rings. The van der Waals surface area contributed by atoms with Crippen LogP contribution in [0, 0.1) is 0 Å². The normalized spacial score (nSPS) is 10.8. The largest absolute Gasteiger partial charge is 0.465 e. The molecule has 0 saturated carbocycles. The number of hydrogen-bond acceptors (Lipinski definition) is 4. The highest BCUT2D eigenvalue weighted by molar-refractivity contribution is 6.36. The Hall–Kier alpha value is -2.04. The monoisotopic (exact) mass is 321 g/mol. The van der Waals surface area contributed by atoms with Gasteiger partial charge in [0.2, 0.25) is 5.89 Å². The average Bonchev–Trinajstić information content (AvgIpc) is 2.88. The van der Waals surface area contributed by atoms with E-state index in [0.717, 1.165) is 0 Å². The van der Waals surface area contributed by atoms with Crippen LogP contribution in [0.2, 0.25) is 10.0 Å². The van der Waals surface area contributed by atoms with Crippen molar-refractivity contribution in [2.75, 3.05) is 7.11 Å². The van der Waals surface area contributed by atoms with E-state index in [1.54, 1.807) is 36.4 Å². The third-order valence-electron chi connectivity index (χ3n) is 2.97. The van der Waals surface area contributed by atoms with Gasteiger partial charge in [0.1, 0.15) is 5.52 Å². The number of methoxy groups -OCH3 is 1. The second kappa shape index (κ2) is 5.39. The number of oxazole rings is 1. The Morgan fingerprint density at radius 2 is 2.00 bits per heavy atom. The predicted molar refractivity (Wildman–Crippen MR) is 80.8 cm³/mol. The summed E-state index contributed by atoms with van der Waals surface area (Å²) in [6.07, 6.45) is 0. The standard InChI is InChI=1S/C15H9Cl2NO3/c1-20-15(19)8-2-5-13-12(6-8)18-14(21-13)10-4-3-9(16)7-11(10)17/h2-7H,1H3. The number of carbonyl (C=O) groups is 1. The number of rotatable bonds is 2. The molecule has 0 spiro atoms. The average molecular weight is 322 g/mol. The molecule has 3 rings (SSSR count). The molecule has 0 fully saturated rings.